The van der Waals surface area contributed by atoms with Crippen molar-refractivity contribution in [1.82, 2.24) is 9.21 Å². The zero-order valence-corrected chi connectivity index (χ0v) is 15.2. The standard InChI is InChI=1S/C17H23N3O4S/c1-14(21)18-10-12-19(13-11-18)25(23,24)16-7-5-15(6-8-16)20-9-3-2-4-17(20)22/h5-8H,2-4,9-13H2,1H3. The van der Waals surface area contributed by atoms with Crippen LogP contribution in [0.1, 0.15) is 26.2 Å². The maximum Gasteiger partial charge on any atom is 0.243 e. The summed E-state index contributed by atoms with van der Waals surface area (Å²) in [5, 5.41) is 0. The minimum absolute atomic E-state index is 0.0346. The zero-order valence-electron chi connectivity index (χ0n) is 14.3. The summed E-state index contributed by atoms with van der Waals surface area (Å²) in [6.45, 7) is 3.59. The van der Waals surface area contributed by atoms with Crippen LogP contribution in [0, 0.1) is 0 Å². The third-order valence-electron chi connectivity index (χ3n) is 4.79. The zero-order chi connectivity index (χ0) is 18.0. The summed E-state index contributed by atoms with van der Waals surface area (Å²) >= 11 is 0. The molecular formula is C17H23N3O4S. The van der Waals surface area contributed by atoms with Crippen LogP contribution in [0.5, 0.6) is 0 Å². The molecule has 8 heteroatoms. The fourth-order valence-electron chi connectivity index (χ4n) is 3.27. The molecule has 2 fully saturated rings. The fraction of sp³-hybridized carbons (Fsp3) is 0.529. The van der Waals surface area contributed by atoms with Crippen LogP contribution < -0.4 is 4.90 Å². The van der Waals surface area contributed by atoms with Crippen LogP contribution in [0.2, 0.25) is 0 Å². The fourth-order valence-corrected chi connectivity index (χ4v) is 4.69. The molecule has 136 valence electrons. The summed E-state index contributed by atoms with van der Waals surface area (Å²) in [5.74, 6) is 0.0508. The van der Waals surface area contributed by atoms with E-state index in [9.17, 15) is 18.0 Å². The molecule has 25 heavy (non-hydrogen) atoms. The Labute approximate surface area is 148 Å². The first-order valence-corrected chi connectivity index (χ1v) is 10.00. The molecule has 0 saturated carbocycles. The lowest BCUT2D eigenvalue weighted by molar-refractivity contribution is -0.130. The Balaban J connectivity index is 1.73. The third-order valence-corrected chi connectivity index (χ3v) is 6.71. The number of piperazine rings is 1. The van der Waals surface area contributed by atoms with Gasteiger partial charge in [0.25, 0.3) is 0 Å². The van der Waals surface area contributed by atoms with E-state index in [0.29, 0.717) is 39.1 Å². The lowest BCUT2D eigenvalue weighted by Gasteiger charge is -2.33. The highest BCUT2D eigenvalue weighted by Crippen LogP contribution is 2.24. The molecule has 1 aromatic carbocycles. The number of rotatable bonds is 3. The van der Waals surface area contributed by atoms with Crippen molar-refractivity contribution in [2.24, 2.45) is 0 Å². The van der Waals surface area contributed by atoms with Gasteiger partial charge >= 0.3 is 0 Å². The van der Waals surface area contributed by atoms with Gasteiger partial charge < -0.3 is 9.80 Å². The molecule has 0 aromatic heterocycles. The van der Waals surface area contributed by atoms with Crippen LogP contribution in [0.25, 0.3) is 0 Å². The Morgan fingerprint density at radius 2 is 1.60 bits per heavy atom. The van der Waals surface area contributed by atoms with E-state index < -0.39 is 10.0 Å². The van der Waals surface area contributed by atoms with Crippen molar-refractivity contribution in [2.45, 2.75) is 31.1 Å². The molecule has 0 unspecified atom stereocenters. The predicted molar refractivity (Wildman–Crippen MR) is 93.7 cm³/mol. The monoisotopic (exact) mass is 365 g/mol. The van der Waals surface area contributed by atoms with Crippen molar-refractivity contribution < 1.29 is 18.0 Å². The average Bonchev–Trinajstić information content (AvgIpc) is 2.62. The van der Waals surface area contributed by atoms with Gasteiger partial charge in [0.1, 0.15) is 0 Å². The molecule has 2 aliphatic heterocycles. The van der Waals surface area contributed by atoms with Crippen molar-refractivity contribution in [3.63, 3.8) is 0 Å². The maximum absolute atomic E-state index is 12.8. The van der Waals surface area contributed by atoms with Crippen molar-refractivity contribution in [3.05, 3.63) is 24.3 Å². The first kappa shape index (κ1) is 17.9. The molecule has 0 radical (unpaired) electrons. The second-order valence-corrected chi connectivity index (χ2v) is 8.34. The van der Waals surface area contributed by atoms with Crippen molar-refractivity contribution in [1.29, 1.82) is 0 Å². The molecule has 2 aliphatic rings. The lowest BCUT2D eigenvalue weighted by atomic mass is 10.1. The number of anilines is 1. The van der Waals surface area contributed by atoms with Crippen LogP contribution >= 0.6 is 0 Å². The number of hydrogen-bond acceptors (Lipinski definition) is 4. The minimum atomic E-state index is -3.58. The average molecular weight is 365 g/mol. The van der Waals surface area contributed by atoms with E-state index in [1.54, 1.807) is 34.1 Å². The Morgan fingerprint density at radius 1 is 0.960 bits per heavy atom. The highest BCUT2D eigenvalue weighted by molar-refractivity contribution is 7.89. The van der Waals surface area contributed by atoms with Gasteiger partial charge in [0.15, 0.2) is 0 Å². The Hall–Kier alpha value is -1.93. The third kappa shape index (κ3) is 3.69. The first-order valence-electron chi connectivity index (χ1n) is 8.56. The number of carbonyl (C=O) groups is 2. The Bertz CT molecular complexity index is 753. The summed E-state index contributed by atoms with van der Waals surface area (Å²) < 4.78 is 26.9. The molecule has 0 N–H and O–H groups in total. The quantitative estimate of drug-likeness (QED) is 0.802. The molecule has 2 saturated heterocycles. The first-order chi connectivity index (χ1) is 11.9. The Morgan fingerprint density at radius 3 is 2.16 bits per heavy atom. The molecule has 2 heterocycles. The second kappa shape index (κ2) is 7.13. The lowest BCUT2D eigenvalue weighted by Crippen LogP contribution is -2.49. The summed E-state index contributed by atoms with van der Waals surface area (Å²) in [4.78, 5) is 26.9. The van der Waals surface area contributed by atoms with E-state index in [1.165, 1.54) is 11.2 Å². The molecular weight excluding hydrogens is 342 g/mol. The topological polar surface area (TPSA) is 78.0 Å². The van der Waals surface area contributed by atoms with Crippen LogP contribution in [-0.4, -0.2) is 62.2 Å². The van der Waals surface area contributed by atoms with Gasteiger partial charge in [-0.25, -0.2) is 8.42 Å². The minimum Gasteiger partial charge on any atom is -0.340 e. The predicted octanol–water partition coefficient (Wildman–Crippen LogP) is 1.06. The summed E-state index contributed by atoms with van der Waals surface area (Å²) in [5.41, 5.74) is 0.741. The molecule has 7 nitrogen and oxygen atoms in total. The molecule has 0 atom stereocenters. The number of piperidine rings is 1. The largest absolute Gasteiger partial charge is 0.340 e. The number of amides is 2. The summed E-state index contributed by atoms with van der Waals surface area (Å²) in [7, 11) is -3.58. The van der Waals surface area contributed by atoms with E-state index >= 15 is 0 Å². The van der Waals surface area contributed by atoms with Crippen molar-refractivity contribution >= 4 is 27.5 Å². The van der Waals surface area contributed by atoms with Crippen molar-refractivity contribution in [3.8, 4) is 0 Å². The van der Waals surface area contributed by atoms with Crippen LogP contribution in [0.15, 0.2) is 29.2 Å². The number of hydrogen-bond donors (Lipinski definition) is 0. The van der Waals surface area contributed by atoms with Crippen molar-refractivity contribution in [2.75, 3.05) is 37.6 Å². The van der Waals surface area contributed by atoms with Crippen LogP contribution in [-0.2, 0) is 19.6 Å². The molecule has 1 aromatic rings. The van der Waals surface area contributed by atoms with Gasteiger partial charge in [-0.15, -0.1) is 0 Å². The highest BCUT2D eigenvalue weighted by atomic mass is 32.2. The van der Waals surface area contributed by atoms with E-state index in [0.717, 1.165) is 18.5 Å². The van der Waals surface area contributed by atoms with Gasteiger partial charge in [0.05, 0.1) is 4.90 Å². The van der Waals surface area contributed by atoms with Crippen LogP contribution in [0.3, 0.4) is 0 Å². The normalized spacial score (nSPS) is 20.0. The van der Waals surface area contributed by atoms with Gasteiger partial charge in [0.2, 0.25) is 21.8 Å². The number of sulfonamides is 1. The SMILES string of the molecule is CC(=O)N1CCN(S(=O)(=O)c2ccc(N3CCCCC3=O)cc2)CC1. The molecule has 3 rings (SSSR count). The highest BCUT2D eigenvalue weighted by Gasteiger charge is 2.29. The van der Waals surface area contributed by atoms with Gasteiger partial charge in [-0.3, -0.25) is 9.59 Å². The van der Waals surface area contributed by atoms with E-state index in [1.807, 2.05) is 0 Å². The van der Waals surface area contributed by atoms with Gasteiger partial charge in [-0.2, -0.15) is 4.31 Å². The summed E-state index contributed by atoms with van der Waals surface area (Å²) in [6, 6.07) is 6.51. The molecule has 0 spiro atoms. The number of benzene rings is 1. The number of carbonyl (C=O) groups excluding carboxylic acids is 2. The summed E-state index contributed by atoms with van der Waals surface area (Å²) in [6.07, 6.45) is 2.42. The molecule has 0 aliphatic carbocycles. The van der Waals surface area contributed by atoms with E-state index in [-0.39, 0.29) is 16.7 Å². The van der Waals surface area contributed by atoms with Gasteiger partial charge in [-0.05, 0) is 37.1 Å². The number of nitrogens with zero attached hydrogens (tertiary/aromatic N) is 3. The second-order valence-electron chi connectivity index (χ2n) is 6.41. The Kier molecular flexibility index (Phi) is 5.10. The van der Waals surface area contributed by atoms with E-state index in [4.69, 9.17) is 0 Å². The maximum atomic E-state index is 12.8. The molecule has 0 bridgehead atoms. The van der Waals surface area contributed by atoms with Gasteiger partial charge in [-0.1, -0.05) is 0 Å². The van der Waals surface area contributed by atoms with Gasteiger partial charge in [0, 0.05) is 51.8 Å². The smallest absolute Gasteiger partial charge is 0.243 e. The molecule has 2 amide bonds. The van der Waals surface area contributed by atoms with E-state index in [2.05, 4.69) is 0 Å². The van der Waals surface area contributed by atoms with Crippen LogP contribution in [0.4, 0.5) is 5.69 Å².